The van der Waals surface area contributed by atoms with Crippen molar-refractivity contribution in [2.75, 3.05) is 0 Å². The van der Waals surface area contributed by atoms with Gasteiger partial charge in [0.25, 0.3) is 0 Å². The van der Waals surface area contributed by atoms with Gasteiger partial charge in [-0.15, -0.1) is 11.6 Å². The largest absolute Gasteiger partial charge is 0.279 e. The third-order valence-electron chi connectivity index (χ3n) is 3.23. The van der Waals surface area contributed by atoms with Crippen molar-refractivity contribution in [1.29, 1.82) is 0 Å². The monoisotopic (exact) mass is 289 g/mol. The van der Waals surface area contributed by atoms with E-state index >= 15 is 0 Å². The fourth-order valence-corrected chi connectivity index (χ4v) is 2.49. The molecule has 2 heterocycles. The van der Waals surface area contributed by atoms with E-state index in [1.165, 1.54) is 12.1 Å². The fraction of sp³-hybridized carbons (Fsp3) is 0.200. The number of nitrogens with zero attached hydrogens (tertiary/aromatic N) is 3. The second kappa shape index (κ2) is 4.87. The van der Waals surface area contributed by atoms with Gasteiger partial charge in [0.05, 0.1) is 11.6 Å². The van der Waals surface area contributed by atoms with Crippen LogP contribution in [-0.4, -0.2) is 14.5 Å². The summed E-state index contributed by atoms with van der Waals surface area (Å²) in [5.41, 5.74) is 4.10. The lowest BCUT2D eigenvalue weighted by Gasteiger charge is -2.10. The van der Waals surface area contributed by atoms with Crippen LogP contribution >= 0.6 is 11.6 Å². The van der Waals surface area contributed by atoms with E-state index in [0.717, 1.165) is 28.1 Å². The molecule has 0 unspecified atom stereocenters. The molecule has 0 N–H and O–H groups in total. The van der Waals surface area contributed by atoms with E-state index in [9.17, 15) is 4.39 Å². The molecule has 5 heteroatoms. The molecule has 3 rings (SSSR count). The Labute approximate surface area is 121 Å². The molecular formula is C15H13ClFN3. The summed E-state index contributed by atoms with van der Waals surface area (Å²) in [6.07, 6.45) is 0. The molecule has 102 valence electrons. The number of pyridine rings is 1. The summed E-state index contributed by atoms with van der Waals surface area (Å²) in [4.78, 5) is 9.02. The van der Waals surface area contributed by atoms with Gasteiger partial charge in [-0.2, -0.15) is 0 Å². The smallest absolute Gasteiger partial charge is 0.164 e. The minimum Gasteiger partial charge on any atom is -0.279 e. The number of fused-ring (bicyclic) bond motifs is 1. The van der Waals surface area contributed by atoms with Crippen LogP contribution in [0, 0.1) is 19.7 Å². The van der Waals surface area contributed by atoms with Crippen LogP contribution < -0.4 is 0 Å². The van der Waals surface area contributed by atoms with Crippen LogP contribution in [0.5, 0.6) is 0 Å². The average molecular weight is 290 g/mol. The third-order valence-corrected chi connectivity index (χ3v) is 3.47. The molecule has 0 amide bonds. The first-order valence-electron chi connectivity index (χ1n) is 6.27. The van der Waals surface area contributed by atoms with E-state index < -0.39 is 0 Å². The molecule has 0 radical (unpaired) electrons. The van der Waals surface area contributed by atoms with Crippen molar-refractivity contribution < 1.29 is 4.39 Å². The molecule has 3 aromatic rings. The lowest BCUT2D eigenvalue weighted by atomic mass is 10.2. The molecule has 0 saturated heterocycles. The van der Waals surface area contributed by atoms with Gasteiger partial charge >= 0.3 is 0 Å². The van der Waals surface area contributed by atoms with Gasteiger partial charge in [0.1, 0.15) is 17.2 Å². The quantitative estimate of drug-likeness (QED) is 0.670. The number of benzene rings is 1. The number of halogens is 2. The predicted octanol–water partition coefficient (Wildman–Crippen LogP) is 3.92. The van der Waals surface area contributed by atoms with Crippen LogP contribution in [0.2, 0.25) is 0 Å². The minimum atomic E-state index is -0.257. The van der Waals surface area contributed by atoms with Crippen molar-refractivity contribution in [2.45, 2.75) is 19.7 Å². The van der Waals surface area contributed by atoms with E-state index in [2.05, 4.69) is 9.97 Å². The number of aromatic nitrogens is 3. The van der Waals surface area contributed by atoms with E-state index in [4.69, 9.17) is 11.6 Å². The lowest BCUT2D eigenvalue weighted by Crippen LogP contribution is -2.03. The Morgan fingerprint density at radius 1 is 1.15 bits per heavy atom. The topological polar surface area (TPSA) is 30.7 Å². The lowest BCUT2D eigenvalue weighted by molar-refractivity contribution is 0.626. The Morgan fingerprint density at radius 3 is 2.65 bits per heavy atom. The first-order chi connectivity index (χ1) is 9.60. The van der Waals surface area contributed by atoms with E-state index in [1.807, 2.05) is 30.5 Å². The van der Waals surface area contributed by atoms with E-state index in [-0.39, 0.29) is 11.7 Å². The van der Waals surface area contributed by atoms with Gasteiger partial charge in [-0.3, -0.25) is 4.57 Å². The van der Waals surface area contributed by atoms with Crippen LogP contribution in [0.15, 0.2) is 30.3 Å². The first kappa shape index (κ1) is 13.1. The number of aryl methyl sites for hydroxylation is 2. The molecule has 3 nitrogen and oxygen atoms in total. The summed E-state index contributed by atoms with van der Waals surface area (Å²) < 4.78 is 15.2. The van der Waals surface area contributed by atoms with Crippen molar-refractivity contribution in [3.05, 3.63) is 53.2 Å². The number of imidazole rings is 1. The molecule has 0 aliphatic carbocycles. The Balaban J connectivity index is 2.36. The SMILES string of the molecule is Cc1ccc2nc(CCl)n(-c3ccc(F)cc3C)c2n1. The highest BCUT2D eigenvalue weighted by Crippen LogP contribution is 2.24. The van der Waals surface area contributed by atoms with Gasteiger partial charge in [-0.05, 0) is 49.7 Å². The fourth-order valence-electron chi connectivity index (χ4n) is 2.31. The molecule has 0 saturated carbocycles. The molecule has 20 heavy (non-hydrogen) atoms. The Morgan fingerprint density at radius 2 is 1.95 bits per heavy atom. The number of hydrogen-bond donors (Lipinski definition) is 0. The molecule has 0 spiro atoms. The van der Waals surface area contributed by atoms with Crippen molar-refractivity contribution >= 4 is 22.8 Å². The second-order valence-corrected chi connectivity index (χ2v) is 4.99. The summed E-state index contributed by atoms with van der Waals surface area (Å²) in [6, 6.07) is 8.49. The first-order valence-corrected chi connectivity index (χ1v) is 6.81. The maximum absolute atomic E-state index is 13.3. The minimum absolute atomic E-state index is 0.257. The van der Waals surface area contributed by atoms with Gasteiger partial charge in [0.2, 0.25) is 0 Å². The third kappa shape index (κ3) is 2.06. The number of rotatable bonds is 2. The standard InChI is InChI=1S/C15H13ClFN3/c1-9-7-11(17)4-6-13(9)20-14(8-16)19-12-5-3-10(2)18-15(12)20/h3-7H,8H2,1-2H3. The zero-order valence-electron chi connectivity index (χ0n) is 11.2. The summed E-state index contributed by atoms with van der Waals surface area (Å²) in [7, 11) is 0. The predicted molar refractivity (Wildman–Crippen MR) is 77.9 cm³/mol. The summed E-state index contributed by atoms with van der Waals surface area (Å²) in [5.74, 6) is 0.716. The van der Waals surface area contributed by atoms with Gasteiger partial charge < -0.3 is 0 Å². The highest BCUT2D eigenvalue weighted by atomic mass is 35.5. The van der Waals surface area contributed by atoms with Gasteiger partial charge in [0, 0.05) is 5.69 Å². The second-order valence-electron chi connectivity index (χ2n) is 4.72. The molecule has 1 aromatic carbocycles. The van der Waals surface area contributed by atoms with Crippen LogP contribution in [0.25, 0.3) is 16.9 Å². The molecule has 0 aliphatic rings. The molecule has 0 aliphatic heterocycles. The zero-order valence-corrected chi connectivity index (χ0v) is 11.9. The molecular weight excluding hydrogens is 277 g/mol. The van der Waals surface area contributed by atoms with Gasteiger partial charge in [-0.25, -0.2) is 14.4 Å². The molecule has 2 aromatic heterocycles. The maximum atomic E-state index is 13.3. The number of alkyl halides is 1. The normalized spacial score (nSPS) is 11.2. The summed E-state index contributed by atoms with van der Waals surface area (Å²) in [5, 5.41) is 0. The highest BCUT2D eigenvalue weighted by molar-refractivity contribution is 6.16. The Hall–Kier alpha value is -1.94. The van der Waals surface area contributed by atoms with Crippen LogP contribution in [-0.2, 0) is 5.88 Å². The summed E-state index contributed by atoms with van der Waals surface area (Å²) >= 11 is 5.99. The summed E-state index contributed by atoms with van der Waals surface area (Å²) in [6.45, 7) is 3.78. The molecule has 0 atom stereocenters. The van der Waals surface area contributed by atoms with Crippen molar-refractivity contribution in [3.63, 3.8) is 0 Å². The van der Waals surface area contributed by atoms with Crippen molar-refractivity contribution in [2.24, 2.45) is 0 Å². The van der Waals surface area contributed by atoms with E-state index in [0.29, 0.717) is 5.82 Å². The Kier molecular flexibility index (Phi) is 3.18. The van der Waals surface area contributed by atoms with Gasteiger partial charge in [0.15, 0.2) is 5.65 Å². The Bertz CT molecular complexity index is 795. The van der Waals surface area contributed by atoms with Crippen molar-refractivity contribution in [3.8, 4) is 5.69 Å². The molecule has 0 fully saturated rings. The van der Waals surface area contributed by atoms with Crippen LogP contribution in [0.3, 0.4) is 0 Å². The average Bonchev–Trinajstić information content (AvgIpc) is 2.76. The highest BCUT2D eigenvalue weighted by Gasteiger charge is 2.14. The van der Waals surface area contributed by atoms with Crippen molar-refractivity contribution in [1.82, 2.24) is 14.5 Å². The zero-order chi connectivity index (χ0) is 14.3. The number of hydrogen-bond acceptors (Lipinski definition) is 2. The van der Waals surface area contributed by atoms with Gasteiger partial charge in [-0.1, -0.05) is 0 Å². The van der Waals surface area contributed by atoms with Crippen LogP contribution in [0.4, 0.5) is 4.39 Å². The van der Waals surface area contributed by atoms with E-state index in [1.54, 1.807) is 6.07 Å². The molecule has 0 bridgehead atoms. The maximum Gasteiger partial charge on any atom is 0.164 e. The van der Waals surface area contributed by atoms with Crippen LogP contribution in [0.1, 0.15) is 17.1 Å².